The van der Waals surface area contributed by atoms with Gasteiger partial charge in [-0.05, 0) is 48.8 Å². The van der Waals surface area contributed by atoms with Gasteiger partial charge >= 0.3 is 0 Å². The van der Waals surface area contributed by atoms with Crippen LogP contribution in [0.5, 0.6) is 5.75 Å². The Morgan fingerprint density at radius 2 is 2.09 bits per heavy atom. The lowest BCUT2D eigenvalue weighted by atomic mass is 9.70. The van der Waals surface area contributed by atoms with Crippen molar-refractivity contribution in [1.29, 1.82) is 0 Å². The highest BCUT2D eigenvalue weighted by molar-refractivity contribution is 6.35. The zero-order chi connectivity index (χ0) is 16.8. The molecular formula is C18H21Cl2NO2. The summed E-state index contributed by atoms with van der Waals surface area (Å²) in [6, 6.07) is 4.93. The largest absolute Gasteiger partial charge is 0.482 e. The summed E-state index contributed by atoms with van der Waals surface area (Å²) in [6.45, 7) is 6.72. The maximum Gasteiger partial charge on any atom is 0.283 e. The van der Waals surface area contributed by atoms with Crippen LogP contribution in [0, 0.1) is 16.7 Å². The minimum atomic E-state index is -0.254. The molecule has 2 bridgehead atoms. The van der Waals surface area contributed by atoms with Gasteiger partial charge in [0.2, 0.25) is 0 Å². The first-order valence-corrected chi connectivity index (χ1v) is 8.68. The number of halogens is 2. The third-order valence-electron chi connectivity index (χ3n) is 6.02. The molecule has 0 radical (unpaired) electrons. The standard InChI is InChI=1S/C18H21Cl2NO2/c1-17(2)11-6-7-18(17,3)15(8-11)21-16(22)10-23-14-5-4-12(19)9-13(14)20/h4-5,9,11H,6-8,10H2,1-3H3. The van der Waals surface area contributed by atoms with E-state index in [1.807, 2.05) is 0 Å². The average Bonchev–Trinajstić information content (AvgIpc) is 2.79. The topological polar surface area (TPSA) is 38.7 Å². The van der Waals surface area contributed by atoms with Crippen LogP contribution in [0.1, 0.15) is 40.0 Å². The fourth-order valence-electron chi connectivity index (χ4n) is 4.01. The van der Waals surface area contributed by atoms with Gasteiger partial charge in [-0.2, -0.15) is 0 Å². The highest BCUT2D eigenvalue weighted by Gasteiger charge is 2.59. The Balaban J connectivity index is 1.68. The summed E-state index contributed by atoms with van der Waals surface area (Å²) >= 11 is 11.9. The highest BCUT2D eigenvalue weighted by Crippen LogP contribution is 2.63. The van der Waals surface area contributed by atoms with Crippen LogP contribution in [0.2, 0.25) is 10.0 Å². The first kappa shape index (κ1) is 16.8. The minimum absolute atomic E-state index is 0.0330. The van der Waals surface area contributed by atoms with Gasteiger partial charge in [0.15, 0.2) is 6.61 Å². The number of hydrogen-bond acceptors (Lipinski definition) is 2. The Kier molecular flexibility index (Phi) is 4.22. The summed E-state index contributed by atoms with van der Waals surface area (Å²) in [5, 5.41) is 0.928. The predicted octanol–water partition coefficient (Wildman–Crippen LogP) is 5.19. The SMILES string of the molecule is CC12CCC(CC1=NC(=O)COc1ccc(Cl)cc1Cl)C2(C)C. The van der Waals surface area contributed by atoms with E-state index in [0.29, 0.717) is 21.7 Å². The van der Waals surface area contributed by atoms with Crippen molar-refractivity contribution in [3.05, 3.63) is 28.2 Å². The summed E-state index contributed by atoms with van der Waals surface area (Å²) in [6.07, 6.45) is 3.27. The van der Waals surface area contributed by atoms with Crippen molar-refractivity contribution in [1.82, 2.24) is 0 Å². The predicted molar refractivity (Wildman–Crippen MR) is 93.6 cm³/mol. The van der Waals surface area contributed by atoms with Crippen molar-refractivity contribution in [3.8, 4) is 5.75 Å². The Hall–Kier alpha value is -1.06. The Labute approximate surface area is 147 Å². The second-order valence-electron chi connectivity index (χ2n) is 7.31. The molecule has 2 aliphatic carbocycles. The van der Waals surface area contributed by atoms with E-state index in [-0.39, 0.29) is 23.3 Å². The van der Waals surface area contributed by atoms with Gasteiger partial charge in [-0.25, -0.2) is 4.99 Å². The van der Waals surface area contributed by atoms with E-state index in [4.69, 9.17) is 27.9 Å². The quantitative estimate of drug-likeness (QED) is 0.750. The summed E-state index contributed by atoms with van der Waals surface area (Å²) < 4.78 is 5.48. The fourth-order valence-corrected chi connectivity index (χ4v) is 4.48. The molecule has 1 aromatic rings. The molecule has 3 nitrogen and oxygen atoms in total. The normalized spacial score (nSPS) is 30.0. The van der Waals surface area contributed by atoms with Gasteiger partial charge in [0.05, 0.1) is 5.02 Å². The van der Waals surface area contributed by atoms with Gasteiger partial charge in [-0.3, -0.25) is 4.79 Å². The number of aliphatic imine (C=N–C) groups is 1. The summed E-state index contributed by atoms with van der Waals surface area (Å²) in [4.78, 5) is 16.6. The number of nitrogens with zero attached hydrogens (tertiary/aromatic N) is 1. The molecule has 2 saturated carbocycles. The maximum absolute atomic E-state index is 12.2. The second kappa shape index (κ2) is 5.78. The molecule has 23 heavy (non-hydrogen) atoms. The zero-order valence-electron chi connectivity index (χ0n) is 13.7. The zero-order valence-corrected chi connectivity index (χ0v) is 15.2. The first-order chi connectivity index (χ1) is 10.7. The van der Waals surface area contributed by atoms with Crippen molar-refractivity contribution in [2.24, 2.45) is 21.7 Å². The minimum Gasteiger partial charge on any atom is -0.482 e. The molecule has 0 saturated heterocycles. The molecule has 5 heteroatoms. The van der Waals surface area contributed by atoms with Crippen molar-refractivity contribution in [3.63, 3.8) is 0 Å². The van der Waals surface area contributed by atoms with E-state index in [0.717, 1.165) is 18.6 Å². The lowest BCUT2D eigenvalue weighted by Crippen LogP contribution is -2.33. The molecule has 2 aliphatic rings. The lowest BCUT2D eigenvalue weighted by Gasteiger charge is -2.34. The monoisotopic (exact) mass is 353 g/mol. The fraction of sp³-hybridized carbons (Fsp3) is 0.556. The Bertz CT molecular complexity index is 684. The Morgan fingerprint density at radius 3 is 2.65 bits per heavy atom. The van der Waals surface area contributed by atoms with Crippen LogP contribution in [-0.2, 0) is 4.79 Å². The van der Waals surface area contributed by atoms with Gasteiger partial charge in [0.1, 0.15) is 5.75 Å². The second-order valence-corrected chi connectivity index (χ2v) is 8.15. The van der Waals surface area contributed by atoms with Gasteiger partial charge in [-0.15, -0.1) is 0 Å². The van der Waals surface area contributed by atoms with Gasteiger partial charge in [0, 0.05) is 16.1 Å². The van der Waals surface area contributed by atoms with Crippen molar-refractivity contribution >= 4 is 34.8 Å². The van der Waals surface area contributed by atoms with Crippen LogP contribution in [-0.4, -0.2) is 18.2 Å². The Morgan fingerprint density at radius 1 is 1.35 bits per heavy atom. The van der Waals surface area contributed by atoms with Gasteiger partial charge in [-0.1, -0.05) is 44.0 Å². The van der Waals surface area contributed by atoms with Crippen LogP contribution in [0.25, 0.3) is 0 Å². The average molecular weight is 354 g/mol. The summed E-state index contributed by atoms with van der Waals surface area (Å²) in [5.74, 6) is 0.824. The van der Waals surface area contributed by atoms with E-state index < -0.39 is 0 Å². The molecule has 0 aliphatic heterocycles. The molecule has 0 heterocycles. The van der Waals surface area contributed by atoms with Crippen LogP contribution in [0.15, 0.2) is 23.2 Å². The summed E-state index contributed by atoms with van der Waals surface area (Å²) in [7, 11) is 0. The molecule has 0 N–H and O–H groups in total. The van der Waals surface area contributed by atoms with Gasteiger partial charge in [0.25, 0.3) is 5.91 Å². The van der Waals surface area contributed by atoms with E-state index in [1.54, 1.807) is 18.2 Å². The van der Waals surface area contributed by atoms with Crippen LogP contribution in [0.3, 0.4) is 0 Å². The number of ether oxygens (including phenoxy) is 1. The van der Waals surface area contributed by atoms with Crippen molar-refractivity contribution in [2.75, 3.05) is 6.61 Å². The molecule has 1 amide bonds. The molecule has 1 aromatic carbocycles. The van der Waals surface area contributed by atoms with E-state index in [1.165, 1.54) is 6.42 Å². The van der Waals surface area contributed by atoms with Crippen LogP contribution in [0.4, 0.5) is 0 Å². The molecule has 2 atom stereocenters. The van der Waals surface area contributed by atoms with Crippen molar-refractivity contribution in [2.45, 2.75) is 40.0 Å². The lowest BCUT2D eigenvalue weighted by molar-refractivity contribution is -0.119. The number of fused-ring (bicyclic) bond motifs is 2. The molecule has 2 unspecified atom stereocenters. The number of carbonyl (C=O) groups is 1. The molecule has 3 rings (SSSR count). The maximum atomic E-state index is 12.2. The molecule has 0 spiro atoms. The number of amides is 1. The number of benzene rings is 1. The van der Waals surface area contributed by atoms with E-state index in [9.17, 15) is 4.79 Å². The number of hydrogen-bond donors (Lipinski definition) is 0. The van der Waals surface area contributed by atoms with Crippen molar-refractivity contribution < 1.29 is 9.53 Å². The third kappa shape index (κ3) is 2.78. The molecular weight excluding hydrogens is 333 g/mol. The van der Waals surface area contributed by atoms with E-state index in [2.05, 4.69) is 25.8 Å². The smallest absolute Gasteiger partial charge is 0.283 e. The number of rotatable bonds is 3. The van der Waals surface area contributed by atoms with Gasteiger partial charge < -0.3 is 4.74 Å². The first-order valence-electron chi connectivity index (χ1n) is 7.93. The third-order valence-corrected chi connectivity index (χ3v) is 6.55. The van der Waals surface area contributed by atoms with Crippen LogP contribution >= 0.6 is 23.2 Å². The van der Waals surface area contributed by atoms with E-state index >= 15 is 0 Å². The number of carbonyl (C=O) groups excluding carboxylic acids is 1. The molecule has 124 valence electrons. The molecule has 2 fully saturated rings. The van der Waals surface area contributed by atoms with Crippen LogP contribution < -0.4 is 4.74 Å². The highest BCUT2D eigenvalue weighted by atomic mass is 35.5. The summed E-state index contributed by atoms with van der Waals surface area (Å²) in [5.41, 5.74) is 1.28. The molecule has 0 aromatic heterocycles.